The lowest BCUT2D eigenvalue weighted by molar-refractivity contribution is -0.174. The predicted octanol–water partition coefficient (Wildman–Crippen LogP) is 0.104. The minimum atomic E-state index is -0.677. The van der Waals surface area contributed by atoms with Crippen molar-refractivity contribution < 1.29 is 19.1 Å². The predicted molar refractivity (Wildman–Crippen MR) is 55.6 cm³/mol. The van der Waals surface area contributed by atoms with Crippen molar-refractivity contribution in [1.82, 2.24) is 4.90 Å². The molecule has 0 saturated carbocycles. The molecule has 0 spiro atoms. The zero-order valence-electron chi connectivity index (χ0n) is 9.43. The van der Waals surface area contributed by atoms with Crippen LogP contribution in [0.15, 0.2) is 12.7 Å². The summed E-state index contributed by atoms with van der Waals surface area (Å²) in [4.78, 5) is 24.3. The molecule has 0 N–H and O–H groups in total. The Balaban J connectivity index is 2.07. The first-order valence-corrected chi connectivity index (χ1v) is 5.24. The van der Waals surface area contributed by atoms with Crippen LogP contribution in [0.25, 0.3) is 0 Å². The van der Waals surface area contributed by atoms with Gasteiger partial charge < -0.3 is 14.4 Å². The smallest absolute Gasteiger partial charge is 0.293 e. The van der Waals surface area contributed by atoms with Crippen LogP contribution in [0.3, 0.4) is 0 Å². The number of likely N-dealkylation sites (tertiary alicyclic amines) is 1. The van der Waals surface area contributed by atoms with Gasteiger partial charge in [0, 0.05) is 6.54 Å². The summed E-state index contributed by atoms with van der Waals surface area (Å²) in [5.74, 6) is -1.53. The van der Waals surface area contributed by atoms with Crippen molar-refractivity contribution in [2.45, 2.75) is 31.8 Å². The molecule has 0 aromatic carbocycles. The largest absolute Gasteiger partial charge is 0.348 e. The first-order chi connectivity index (χ1) is 7.46. The highest BCUT2D eigenvalue weighted by Crippen LogP contribution is 2.30. The number of carbonyl (C=O) groups excluding carboxylic acids is 2. The summed E-state index contributed by atoms with van der Waals surface area (Å²) >= 11 is 0. The highest BCUT2D eigenvalue weighted by molar-refractivity contribution is 6.44. The van der Waals surface area contributed by atoms with Gasteiger partial charge in [-0.3, -0.25) is 9.59 Å². The first-order valence-electron chi connectivity index (χ1n) is 5.24. The molecule has 2 heterocycles. The summed E-state index contributed by atoms with van der Waals surface area (Å²) in [5.41, 5.74) is 0. The van der Waals surface area contributed by atoms with E-state index in [1.54, 1.807) is 19.9 Å². The van der Waals surface area contributed by atoms with Crippen LogP contribution in [-0.2, 0) is 19.1 Å². The van der Waals surface area contributed by atoms with Crippen LogP contribution in [-0.4, -0.2) is 47.7 Å². The van der Waals surface area contributed by atoms with Crippen molar-refractivity contribution in [2.75, 3.05) is 13.2 Å². The van der Waals surface area contributed by atoms with E-state index in [2.05, 4.69) is 6.58 Å². The number of hydrogen-bond acceptors (Lipinski definition) is 4. The van der Waals surface area contributed by atoms with Crippen LogP contribution in [0.2, 0.25) is 0 Å². The molecular weight excluding hydrogens is 210 g/mol. The second-order valence-corrected chi connectivity index (χ2v) is 4.42. The quantitative estimate of drug-likeness (QED) is 0.388. The van der Waals surface area contributed by atoms with Crippen LogP contribution in [0, 0.1) is 0 Å². The van der Waals surface area contributed by atoms with Crippen molar-refractivity contribution in [3.63, 3.8) is 0 Å². The average molecular weight is 225 g/mol. The molecule has 0 aliphatic carbocycles. The van der Waals surface area contributed by atoms with Gasteiger partial charge in [-0.1, -0.05) is 6.08 Å². The molecule has 88 valence electrons. The molecule has 0 aromatic rings. The van der Waals surface area contributed by atoms with Crippen LogP contribution < -0.4 is 0 Å². The summed E-state index contributed by atoms with van der Waals surface area (Å²) in [5, 5.41) is 0. The van der Waals surface area contributed by atoms with Crippen molar-refractivity contribution >= 4 is 11.7 Å². The van der Waals surface area contributed by atoms with Gasteiger partial charge in [-0.25, -0.2) is 0 Å². The van der Waals surface area contributed by atoms with Crippen molar-refractivity contribution in [2.24, 2.45) is 0 Å². The molecule has 2 aliphatic rings. The molecule has 2 rings (SSSR count). The number of ketones is 1. The minimum absolute atomic E-state index is 0.338. The monoisotopic (exact) mass is 225 g/mol. The van der Waals surface area contributed by atoms with E-state index in [9.17, 15) is 9.59 Å². The molecule has 0 unspecified atom stereocenters. The number of Topliss-reactive ketones (excluding diaryl/α,β-unsaturated/α-hetero) is 1. The summed E-state index contributed by atoms with van der Waals surface area (Å²) in [7, 11) is 0. The van der Waals surface area contributed by atoms with Gasteiger partial charge in [-0.2, -0.15) is 0 Å². The fraction of sp³-hybridized carbons (Fsp3) is 0.636. The Labute approximate surface area is 94.0 Å². The molecule has 0 aromatic heterocycles. The molecule has 0 radical (unpaired) electrons. The maximum atomic E-state index is 11.5. The van der Waals surface area contributed by atoms with E-state index in [-0.39, 0.29) is 6.10 Å². The Hall–Kier alpha value is -1.20. The number of carbonyl (C=O) groups is 2. The van der Waals surface area contributed by atoms with Crippen LogP contribution in [0.5, 0.6) is 0 Å². The summed E-state index contributed by atoms with van der Waals surface area (Å²) in [6.45, 7) is 7.84. The Morgan fingerprint density at radius 2 is 2.25 bits per heavy atom. The van der Waals surface area contributed by atoms with Crippen LogP contribution >= 0.6 is 0 Å². The lowest BCUT2D eigenvalue weighted by atomic mass is 9.95. The van der Waals surface area contributed by atoms with Crippen LogP contribution in [0.1, 0.15) is 13.8 Å². The maximum Gasteiger partial charge on any atom is 0.293 e. The van der Waals surface area contributed by atoms with E-state index in [0.717, 1.165) is 0 Å². The summed E-state index contributed by atoms with van der Waals surface area (Å²) in [6, 6.07) is -0.507. The number of nitrogens with zero attached hydrogens (tertiary/aromatic N) is 1. The van der Waals surface area contributed by atoms with E-state index >= 15 is 0 Å². The molecule has 2 atom stereocenters. The second kappa shape index (κ2) is 3.68. The second-order valence-electron chi connectivity index (χ2n) is 4.42. The standard InChI is InChI=1S/C11H15NO4/c1-4-5-12-8(9(13)10(12)14)7-6-15-11(2,3)16-7/h4,7-8H,1,5-6H2,2-3H3/t7-,8+/m1/s1. The lowest BCUT2D eigenvalue weighted by Crippen LogP contribution is -2.66. The van der Waals surface area contributed by atoms with E-state index < -0.39 is 23.5 Å². The SMILES string of the molecule is C=CCN1C(=O)C(=O)[C@@H]1[C@H]1COC(C)(C)O1. The zero-order chi connectivity index (χ0) is 11.9. The van der Waals surface area contributed by atoms with Gasteiger partial charge in [0.05, 0.1) is 6.61 Å². The zero-order valence-corrected chi connectivity index (χ0v) is 9.43. The van der Waals surface area contributed by atoms with Crippen molar-refractivity contribution in [3.05, 3.63) is 12.7 Å². The van der Waals surface area contributed by atoms with E-state index in [1.807, 2.05) is 0 Å². The average Bonchev–Trinajstić information content (AvgIpc) is 2.57. The van der Waals surface area contributed by atoms with Gasteiger partial charge in [0.2, 0.25) is 5.78 Å². The highest BCUT2D eigenvalue weighted by atomic mass is 16.7. The van der Waals surface area contributed by atoms with Gasteiger partial charge >= 0.3 is 0 Å². The van der Waals surface area contributed by atoms with Crippen LogP contribution in [0.4, 0.5) is 0 Å². The van der Waals surface area contributed by atoms with Gasteiger partial charge in [0.15, 0.2) is 5.79 Å². The number of ether oxygens (including phenoxy) is 2. The maximum absolute atomic E-state index is 11.5. The molecule has 5 heteroatoms. The van der Waals surface area contributed by atoms with Gasteiger partial charge in [-0.15, -0.1) is 6.58 Å². The van der Waals surface area contributed by atoms with E-state index in [4.69, 9.17) is 9.47 Å². The molecule has 2 fully saturated rings. The van der Waals surface area contributed by atoms with Gasteiger partial charge in [-0.05, 0) is 13.8 Å². The highest BCUT2D eigenvalue weighted by Gasteiger charge is 2.53. The topological polar surface area (TPSA) is 55.8 Å². The van der Waals surface area contributed by atoms with E-state index in [0.29, 0.717) is 13.2 Å². The Morgan fingerprint density at radius 1 is 1.56 bits per heavy atom. The fourth-order valence-corrected chi connectivity index (χ4v) is 2.05. The Kier molecular flexibility index (Phi) is 2.59. The summed E-state index contributed by atoms with van der Waals surface area (Å²) < 4.78 is 11.0. The number of rotatable bonds is 3. The molecule has 2 saturated heterocycles. The molecule has 1 amide bonds. The molecule has 2 aliphatic heterocycles. The minimum Gasteiger partial charge on any atom is -0.348 e. The fourth-order valence-electron chi connectivity index (χ4n) is 2.05. The Morgan fingerprint density at radius 3 is 2.75 bits per heavy atom. The third-order valence-corrected chi connectivity index (χ3v) is 2.78. The third kappa shape index (κ3) is 1.66. The summed E-state index contributed by atoms with van der Waals surface area (Å²) in [6.07, 6.45) is 1.23. The Bertz CT molecular complexity index is 350. The number of hydrogen-bond donors (Lipinski definition) is 0. The molecular formula is C11H15NO4. The van der Waals surface area contributed by atoms with Crippen molar-refractivity contribution in [3.8, 4) is 0 Å². The van der Waals surface area contributed by atoms with Gasteiger partial charge in [0.25, 0.3) is 5.91 Å². The molecule has 5 nitrogen and oxygen atoms in total. The lowest BCUT2D eigenvalue weighted by Gasteiger charge is -2.40. The van der Waals surface area contributed by atoms with Crippen molar-refractivity contribution in [1.29, 1.82) is 0 Å². The molecule has 16 heavy (non-hydrogen) atoms. The van der Waals surface area contributed by atoms with E-state index in [1.165, 1.54) is 4.90 Å². The first kappa shape index (κ1) is 11.3. The third-order valence-electron chi connectivity index (χ3n) is 2.78. The number of β-lactam (4-membered cyclic amide) rings is 1. The molecule has 0 bridgehead atoms. The van der Waals surface area contributed by atoms with Gasteiger partial charge in [0.1, 0.15) is 12.1 Å². The number of amides is 1. The normalized spacial score (nSPS) is 32.8.